The van der Waals surface area contributed by atoms with Gasteiger partial charge in [-0.3, -0.25) is 10.1 Å². The molecule has 1 aromatic heterocycles. The molecule has 0 N–H and O–H groups in total. The summed E-state index contributed by atoms with van der Waals surface area (Å²) in [5.74, 6) is 0.703. The van der Waals surface area contributed by atoms with Crippen LogP contribution in [0, 0.1) is 10.1 Å². The van der Waals surface area contributed by atoms with Gasteiger partial charge in [-0.1, -0.05) is 42.5 Å². The van der Waals surface area contributed by atoms with Crippen LogP contribution in [0.3, 0.4) is 0 Å². The minimum Gasteiger partial charge on any atom is -0.486 e. The molecule has 0 fully saturated rings. The lowest BCUT2D eigenvalue weighted by molar-refractivity contribution is -0.384. The SMILES string of the molecule is CO/C=N\c1c(Cc2ccc([N+](=O)[O-])cc2)ncn1Cc1ccccc1. The number of non-ortho nitro benzene ring substituents is 1. The van der Waals surface area contributed by atoms with Gasteiger partial charge in [0.1, 0.15) is 0 Å². The van der Waals surface area contributed by atoms with Gasteiger partial charge in [0, 0.05) is 18.6 Å². The highest BCUT2D eigenvalue weighted by Gasteiger charge is 2.12. The zero-order chi connectivity index (χ0) is 18.4. The smallest absolute Gasteiger partial charge is 0.269 e. The number of ether oxygens (including phenoxy) is 1. The lowest BCUT2D eigenvalue weighted by atomic mass is 10.1. The summed E-state index contributed by atoms with van der Waals surface area (Å²) < 4.78 is 6.91. The van der Waals surface area contributed by atoms with Crippen molar-refractivity contribution in [3.8, 4) is 0 Å². The molecule has 0 saturated carbocycles. The monoisotopic (exact) mass is 350 g/mol. The van der Waals surface area contributed by atoms with Crippen molar-refractivity contribution in [2.45, 2.75) is 13.0 Å². The third-order valence-corrected chi connectivity index (χ3v) is 3.88. The van der Waals surface area contributed by atoms with E-state index in [1.54, 1.807) is 18.5 Å². The topological polar surface area (TPSA) is 82.6 Å². The summed E-state index contributed by atoms with van der Waals surface area (Å²) >= 11 is 0. The molecule has 0 aliphatic heterocycles. The molecule has 1 heterocycles. The molecule has 0 atom stereocenters. The van der Waals surface area contributed by atoms with Gasteiger partial charge in [0.05, 0.1) is 30.6 Å². The van der Waals surface area contributed by atoms with Crippen molar-refractivity contribution >= 4 is 17.9 Å². The number of aromatic nitrogens is 2. The van der Waals surface area contributed by atoms with E-state index in [2.05, 4.69) is 9.98 Å². The van der Waals surface area contributed by atoms with Gasteiger partial charge < -0.3 is 9.30 Å². The molecule has 7 nitrogen and oxygen atoms in total. The Morgan fingerprint density at radius 1 is 1.15 bits per heavy atom. The summed E-state index contributed by atoms with van der Waals surface area (Å²) in [4.78, 5) is 19.2. The Bertz CT molecular complexity index is 902. The summed E-state index contributed by atoms with van der Waals surface area (Å²) in [5.41, 5.74) is 2.92. The number of imidazole rings is 1. The number of aliphatic imine (C=N–C) groups is 1. The highest BCUT2D eigenvalue weighted by atomic mass is 16.6. The van der Waals surface area contributed by atoms with Crippen molar-refractivity contribution in [2.24, 2.45) is 4.99 Å². The quantitative estimate of drug-likeness (QED) is 0.281. The molecule has 0 saturated heterocycles. The Kier molecular flexibility index (Phi) is 5.38. The van der Waals surface area contributed by atoms with Gasteiger partial charge in [0.25, 0.3) is 5.69 Å². The Hall–Kier alpha value is -3.48. The molecule has 3 aromatic rings. The van der Waals surface area contributed by atoms with Crippen LogP contribution in [0.2, 0.25) is 0 Å². The molecule has 0 unspecified atom stereocenters. The lowest BCUT2D eigenvalue weighted by Gasteiger charge is -2.06. The number of benzene rings is 2. The summed E-state index contributed by atoms with van der Waals surface area (Å²) in [5, 5.41) is 10.8. The first-order chi connectivity index (χ1) is 12.7. The summed E-state index contributed by atoms with van der Waals surface area (Å²) in [6.45, 7) is 0.643. The Labute approximate surface area is 150 Å². The van der Waals surface area contributed by atoms with Crippen LogP contribution in [0.25, 0.3) is 0 Å². The first-order valence-corrected chi connectivity index (χ1v) is 8.04. The van der Waals surface area contributed by atoms with E-state index >= 15 is 0 Å². The number of nitrogens with zero attached hydrogens (tertiary/aromatic N) is 4. The standard InChI is InChI=1S/C19H18N4O3/c1-26-14-21-19-18(11-15-7-9-17(10-8-15)23(24)25)20-13-22(19)12-16-5-3-2-4-6-16/h2-10,13-14H,11-12H2,1H3/b21-14-. The first kappa shape index (κ1) is 17.3. The largest absolute Gasteiger partial charge is 0.486 e. The van der Waals surface area contributed by atoms with E-state index in [9.17, 15) is 10.1 Å². The molecule has 2 aromatic carbocycles. The highest BCUT2D eigenvalue weighted by molar-refractivity contribution is 5.55. The number of methoxy groups -OCH3 is 1. The Morgan fingerprint density at radius 3 is 2.54 bits per heavy atom. The third-order valence-electron chi connectivity index (χ3n) is 3.88. The number of hydrogen-bond acceptors (Lipinski definition) is 5. The predicted octanol–water partition coefficient (Wildman–Crippen LogP) is 3.74. The van der Waals surface area contributed by atoms with Crippen LogP contribution in [0.4, 0.5) is 11.5 Å². The van der Waals surface area contributed by atoms with Gasteiger partial charge in [0.2, 0.25) is 0 Å². The maximum Gasteiger partial charge on any atom is 0.269 e. The average molecular weight is 350 g/mol. The summed E-state index contributed by atoms with van der Waals surface area (Å²) in [6.07, 6.45) is 3.64. The van der Waals surface area contributed by atoms with Crippen LogP contribution < -0.4 is 0 Å². The second kappa shape index (κ2) is 8.06. The Balaban J connectivity index is 1.86. The van der Waals surface area contributed by atoms with E-state index < -0.39 is 4.92 Å². The van der Waals surface area contributed by atoms with Crippen LogP contribution in [0.1, 0.15) is 16.8 Å². The van der Waals surface area contributed by atoms with Crippen LogP contribution in [0.15, 0.2) is 65.9 Å². The molecular formula is C19H18N4O3. The fourth-order valence-electron chi connectivity index (χ4n) is 2.62. The van der Waals surface area contributed by atoms with Crippen molar-refractivity contribution in [1.29, 1.82) is 0 Å². The third kappa shape index (κ3) is 4.13. The van der Waals surface area contributed by atoms with Crippen molar-refractivity contribution in [3.05, 3.63) is 87.9 Å². The maximum absolute atomic E-state index is 10.8. The fraction of sp³-hybridized carbons (Fsp3) is 0.158. The van der Waals surface area contributed by atoms with E-state index in [4.69, 9.17) is 4.74 Å². The molecule has 132 valence electrons. The molecule has 0 bridgehead atoms. The molecule has 0 radical (unpaired) electrons. The summed E-state index contributed by atoms with van der Waals surface area (Å²) in [6, 6.07) is 16.5. The molecule has 0 amide bonds. The number of nitro groups is 1. The van der Waals surface area contributed by atoms with Gasteiger partial charge in [-0.2, -0.15) is 0 Å². The van der Waals surface area contributed by atoms with E-state index in [1.165, 1.54) is 25.6 Å². The van der Waals surface area contributed by atoms with Crippen LogP contribution in [-0.2, 0) is 17.7 Å². The minimum absolute atomic E-state index is 0.0704. The van der Waals surface area contributed by atoms with Crippen LogP contribution in [0.5, 0.6) is 0 Å². The number of rotatable bonds is 7. The molecular weight excluding hydrogens is 332 g/mol. The van der Waals surface area contributed by atoms with Crippen LogP contribution in [-0.4, -0.2) is 28.0 Å². The van der Waals surface area contributed by atoms with Crippen molar-refractivity contribution in [2.75, 3.05) is 7.11 Å². The van der Waals surface area contributed by atoms with Gasteiger partial charge in [-0.25, -0.2) is 9.98 Å². The van der Waals surface area contributed by atoms with Gasteiger partial charge in [0.15, 0.2) is 12.2 Å². The second-order valence-electron chi connectivity index (χ2n) is 5.70. The number of nitro benzene ring substituents is 1. The van der Waals surface area contributed by atoms with Gasteiger partial charge >= 0.3 is 0 Å². The molecule has 26 heavy (non-hydrogen) atoms. The predicted molar refractivity (Wildman–Crippen MR) is 98.8 cm³/mol. The molecule has 0 aliphatic carbocycles. The molecule has 7 heteroatoms. The molecule has 3 rings (SSSR count). The Morgan fingerprint density at radius 2 is 1.88 bits per heavy atom. The van der Waals surface area contributed by atoms with Crippen molar-refractivity contribution < 1.29 is 9.66 Å². The normalized spacial score (nSPS) is 11.0. The average Bonchev–Trinajstić information content (AvgIpc) is 3.02. The van der Waals surface area contributed by atoms with Gasteiger partial charge in [-0.05, 0) is 11.1 Å². The second-order valence-corrected chi connectivity index (χ2v) is 5.70. The van der Waals surface area contributed by atoms with E-state index in [1.807, 2.05) is 34.9 Å². The van der Waals surface area contributed by atoms with Crippen LogP contribution >= 0.6 is 0 Å². The zero-order valence-electron chi connectivity index (χ0n) is 14.3. The zero-order valence-corrected chi connectivity index (χ0v) is 14.3. The number of hydrogen-bond donors (Lipinski definition) is 0. The van der Waals surface area contributed by atoms with E-state index in [-0.39, 0.29) is 5.69 Å². The maximum atomic E-state index is 10.8. The lowest BCUT2D eigenvalue weighted by Crippen LogP contribution is -1.98. The first-order valence-electron chi connectivity index (χ1n) is 8.04. The van der Waals surface area contributed by atoms with E-state index in [0.29, 0.717) is 18.8 Å². The molecule has 0 spiro atoms. The highest BCUT2D eigenvalue weighted by Crippen LogP contribution is 2.23. The van der Waals surface area contributed by atoms with Crippen molar-refractivity contribution in [1.82, 2.24) is 9.55 Å². The van der Waals surface area contributed by atoms with E-state index in [0.717, 1.165) is 16.8 Å². The fourth-order valence-corrected chi connectivity index (χ4v) is 2.62. The summed E-state index contributed by atoms with van der Waals surface area (Å²) in [7, 11) is 1.54. The molecule has 0 aliphatic rings. The minimum atomic E-state index is -0.410. The van der Waals surface area contributed by atoms with Gasteiger partial charge in [-0.15, -0.1) is 0 Å². The van der Waals surface area contributed by atoms with Crippen molar-refractivity contribution in [3.63, 3.8) is 0 Å².